The molecule has 0 fully saturated rings. The third-order valence-corrected chi connectivity index (χ3v) is 4.78. The van der Waals surface area contributed by atoms with Crippen molar-refractivity contribution in [2.24, 2.45) is 0 Å². The Morgan fingerprint density at radius 3 is 2.95 bits per heavy atom. The summed E-state index contributed by atoms with van der Waals surface area (Å²) in [7, 11) is 0. The number of fused-ring (bicyclic) bond motifs is 1. The van der Waals surface area contributed by atoms with Gasteiger partial charge < -0.3 is 10.0 Å². The van der Waals surface area contributed by atoms with E-state index in [1.807, 2.05) is 6.92 Å². The van der Waals surface area contributed by atoms with E-state index in [1.54, 1.807) is 11.3 Å². The first-order valence-electron chi connectivity index (χ1n) is 6.72. The van der Waals surface area contributed by atoms with Gasteiger partial charge in [0.25, 0.3) is 0 Å². The second-order valence-corrected chi connectivity index (χ2v) is 5.96. The highest BCUT2D eigenvalue weighted by Gasteiger charge is 2.20. The summed E-state index contributed by atoms with van der Waals surface area (Å²) in [5.74, 6) is 0. The largest absolute Gasteiger partial charge is 0.391 e. The number of para-hydroxylation sites is 1. The van der Waals surface area contributed by atoms with Gasteiger partial charge in [-0.15, -0.1) is 0 Å². The molecule has 0 unspecified atom stereocenters. The van der Waals surface area contributed by atoms with Gasteiger partial charge in [-0.1, -0.05) is 29.5 Å². The molecular weight excluding hydrogens is 256 g/mol. The van der Waals surface area contributed by atoms with Gasteiger partial charge in [-0.05, 0) is 37.8 Å². The summed E-state index contributed by atoms with van der Waals surface area (Å²) in [6.45, 7) is 3.06. The standard InChI is InChI=1S/C15H18N2OS/c1-11-14(10-18)19-15(16-11)17-9-5-4-7-12-6-2-3-8-13(12)17/h2-3,6,8,18H,4-5,7,9-10H2,1H3. The van der Waals surface area contributed by atoms with Crippen molar-refractivity contribution in [2.45, 2.75) is 32.8 Å². The first-order valence-corrected chi connectivity index (χ1v) is 7.54. The fraction of sp³-hybridized carbons (Fsp3) is 0.400. The molecule has 0 saturated heterocycles. The van der Waals surface area contributed by atoms with Crippen LogP contribution in [0.5, 0.6) is 0 Å². The van der Waals surface area contributed by atoms with Gasteiger partial charge in [0.1, 0.15) is 0 Å². The van der Waals surface area contributed by atoms with Crippen LogP contribution in [0.15, 0.2) is 24.3 Å². The quantitative estimate of drug-likeness (QED) is 0.911. The zero-order valence-corrected chi connectivity index (χ0v) is 11.9. The molecule has 0 amide bonds. The van der Waals surface area contributed by atoms with Crippen LogP contribution in [-0.4, -0.2) is 16.6 Å². The zero-order valence-electron chi connectivity index (χ0n) is 11.1. The highest BCUT2D eigenvalue weighted by atomic mass is 32.1. The SMILES string of the molecule is Cc1nc(N2CCCCc3ccccc32)sc1CO. The van der Waals surface area contributed by atoms with E-state index in [1.165, 1.54) is 24.1 Å². The Hall–Kier alpha value is -1.39. The van der Waals surface area contributed by atoms with E-state index in [4.69, 9.17) is 0 Å². The van der Waals surface area contributed by atoms with Crippen LogP contribution in [-0.2, 0) is 13.0 Å². The number of aromatic nitrogens is 1. The topological polar surface area (TPSA) is 36.4 Å². The molecular formula is C15H18N2OS. The summed E-state index contributed by atoms with van der Waals surface area (Å²) in [6.07, 6.45) is 3.55. The molecule has 0 saturated carbocycles. The molecule has 19 heavy (non-hydrogen) atoms. The fourth-order valence-electron chi connectivity index (χ4n) is 2.56. The third-order valence-electron chi connectivity index (χ3n) is 3.62. The zero-order chi connectivity index (χ0) is 13.2. The number of aryl methyl sites for hydroxylation is 2. The van der Waals surface area contributed by atoms with E-state index in [0.717, 1.165) is 28.7 Å². The number of aliphatic hydroxyl groups is 1. The van der Waals surface area contributed by atoms with Crippen LogP contribution in [0.4, 0.5) is 10.8 Å². The van der Waals surface area contributed by atoms with E-state index >= 15 is 0 Å². The summed E-state index contributed by atoms with van der Waals surface area (Å²) in [4.78, 5) is 7.90. The van der Waals surface area contributed by atoms with Crippen molar-refractivity contribution < 1.29 is 5.11 Å². The van der Waals surface area contributed by atoms with Crippen LogP contribution in [0, 0.1) is 6.92 Å². The summed E-state index contributed by atoms with van der Waals surface area (Å²) in [5.41, 5.74) is 3.63. The number of aliphatic hydroxyl groups excluding tert-OH is 1. The van der Waals surface area contributed by atoms with E-state index in [9.17, 15) is 5.11 Å². The van der Waals surface area contributed by atoms with Crippen LogP contribution in [0.25, 0.3) is 0 Å². The average Bonchev–Trinajstić information content (AvgIpc) is 2.68. The molecule has 1 aromatic carbocycles. The molecule has 0 aliphatic carbocycles. The minimum absolute atomic E-state index is 0.0823. The molecule has 1 N–H and O–H groups in total. The summed E-state index contributed by atoms with van der Waals surface area (Å²) in [6, 6.07) is 8.58. The van der Waals surface area contributed by atoms with Crippen molar-refractivity contribution in [1.29, 1.82) is 0 Å². The number of benzene rings is 1. The van der Waals surface area contributed by atoms with Crippen LogP contribution in [0.3, 0.4) is 0 Å². The maximum Gasteiger partial charge on any atom is 0.190 e. The lowest BCUT2D eigenvalue weighted by molar-refractivity contribution is 0.284. The lowest BCUT2D eigenvalue weighted by Gasteiger charge is -2.21. The van der Waals surface area contributed by atoms with Crippen LogP contribution in [0.2, 0.25) is 0 Å². The summed E-state index contributed by atoms with van der Waals surface area (Å²) < 4.78 is 0. The molecule has 100 valence electrons. The molecule has 0 bridgehead atoms. The second kappa shape index (κ2) is 5.31. The van der Waals surface area contributed by atoms with E-state index in [0.29, 0.717) is 0 Å². The first kappa shape index (κ1) is 12.6. The Labute approximate surface area is 117 Å². The first-order chi connectivity index (χ1) is 9.29. The molecule has 0 radical (unpaired) electrons. The number of rotatable bonds is 2. The van der Waals surface area contributed by atoms with Gasteiger partial charge in [0, 0.05) is 12.2 Å². The highest BCUT2D eigenvalue weighted by molar-refractivity contribution is 7.15. The Balaban J connectivity index is 2.03. The molecule has 2 aromatic rings. The van der Waals surface area contributed by atoms with Gasteiger partial charge in [0.05, 0.1) is 17.2 Å². The van der Waals surface area contributed by atoms with Crippen molar-refractivity contribution in [3.63, 3.8) is 0 Å². The normalized spacial score (nSPS) is 15.2. The van der Waals surface area contributed by atoms with Gasteiger partial charge in [-0.25, -0.2) is 4.98 Å². The number of nitrogens with zero attached hydrogens (tertiary/aromatic N) is 2. The number of anilines is 2. The Bertz CT molecular complexity index is 579. The van der Waals surface area contributed by atoms with Crippen molar-refractivity contribution in [3.8, 4) is 0 Å². The van der Waals surface area contributed by atoms with Crippen molar-refractivity contribution in [3.05, 3.63) is 40.4 Å². The number of thiazole rings is 1. The number of hydrogen-bond acceptors (Lipinski definition) is 4. The fourth-order valence-corrected chi connectivity index (χ4v) is 3.53. The molecule has 4 heteroatoms. The molecule has 2 heterocycles. The monoisotopic (exact) mass is 274 g/mol. The predicted molar refractivity (Wildman–Crippen MR) is 79.2 cm³/mol. The summed E-state index contributed by atoms with van der Waals surface area (Å²) >= 11 is 1.60. The Morgan fingerprint density at radius 1 is 1.32 bits per heavy atom. The van der Waals surface area contributed by atoms with E-state index in [-0.39, 0.29) is 6.61 Å². The molecule has 3 nitrogen and oxygen atoms in total. The Morgan fingerprint density at radius 2 is 2.16 bits per heavy atom. The summed E-state index contributed by atoms with van der Waals surface area (Å²) in [5, 5.41) is 10.3. The molecule has 1 aromatic heterocycles. The third kappa shape index (κ3) is 2.38. The maximum absolute atomic E-state index is 9.33. The van der Waals surface area contributed by atoms with Crippen LogP contribution >= 0.6 is 11.3 Å². The van der Waals surface area contributed by atoms with Crippen molar-refractivity contribution in [1.82, 2.24) is 4.98 Å². The van der Waals surface area contributed by atoms with Crippen LogP contribution < -0.4 is 4.90 Å². The van der Waals surface area contributed by atoms with E-state index in [2.05, 4.69) is 34.1 Å². The van der Waals surface area contributed by atoms with Gasteiger partial charge in [0.2, 0.25) is 0 Å². The lowest BCUT2D eigenvalue weighted by Crippen LogP contribution is -2.17. The van der Waals surface area contributed by atoms with Gasteiger partial charge >= 0.3 is 0 Å². The molecule has 3 rings (SSSR count). The minimum atomic E-state index is 0.0823. The molecule has 1 aliphatic rings. The lowest BCUT2D eigenvalue weighted by atomic mass is 10.1. The molecule has 0 atom stereocenters. The second-order valence-electron chi connectivity index (χ2n) is 4.90. The van der Waals surface area contributed by atoms with Crippen molar-refractivity contribution >= 4 is 22.2 Å². The van der Waals surface area contributed by atoms with Gasteiger partial charge in [0.15, 0.2) is 5.13 Å². The van der Waals surface area contributed by atoms with Gasteiger partial charge in [-0.2, -0.15) is 0 Å². The average molecular weight is 274 g/mol. The maximum atomic E-state index is 9.33. The minimum Gasteiger partial charge on any atom is -0.391 e. The smallest absolute Gasteiger partial charge is 0.190 e. The highest BCUT2D eigenvalue weighted by Crippen LogP contribution is 2.35. The predicted octanol–water partition coefficient (Wildman–Crippen LogP) is 3.42. The Kier molecular flexibility index (Phi) is 3.53. The van der Waals surface area contributed by atoms with Gasteiger partial charge in [-0.3, -0.25) is 0 Å². The van der Waals surface area contributed by atoms with E-state index < -0.39 is 0 Å². The number of hydrogen-bond donors (Lipinski definition) is 1. The van der Waals surface area contributed by atoms with Crippen LogP contribution in [0.1, 0.15) is 29.0 Å². The molecule has 0 spiro atoms. The van der Waals surface area contributed by atoms with Crippen molar-refractivity contribution in [2.75, 3.05) is 11.4 Å². The molecule has 1 aliphatic heterocycles.